The van der Waals surface area contributed by atoms with E-state index >= 15 is 0 Å². The summed E-state index contributed by atoms with van der Waals surface area (Å²) >= 11 is 1.14. The van der Waals surface area contributed by atoms with Gasteiger partial charge in [-0.1, -0.05) is 30.3 Å². The molecule has 0 radical (unpaired) electrons. The number of benzene rings is 2. The monoisotopic (exact) mass is 348 g/mol. The van der Waals surface area contributed by atoms with Crippen LogP contribution in [0.3, 0.4) is 0 Å². The lowest BCUT2D eigenvalue weighted by Crippen LogP contribution is -2.13. The van der Waals surface area contributed by atoms with Crippen LogP contribution in [-0.2, 0) is 0 Å². The van der Waals surface area contributed by atoms with Crippen molar-refractivity contribution in [1.82, 2.24) is 4.98 Å². The summed E-state index contributed by atoms with van der Waals surface area (Å²) in [6.45, 7) is 1.65. The maximum Gasteiger partial charge on any atom is 0.267 e. The van der Waals surface area contributed by atoms with E-state index in [1.807, 2.05) is 30.3 Å². The van der Waals surface area contributed by atoms with Crippen molar-refractivity contribution in [2.45, 2.75) is 6.92 Å². The SMILES string of the molecule is Cc1nc(-c2ccccc2)sc1C(=O)Nc1ccc(F)c(F)c1F. The van der Waals surface area contributed by atoms with Gasteiger partial charge in [-0.3, -0.25) is 4.79 Å². The van der Waals surface area contributed by atoms with Crippen LogP contribution >= 0.6 is 11.3 Å². The summed E-state index contributed by atoms with van der Waals surface area (Å²) in [7, 11) is 0. The Morgan fingerprint density at radius 3 is 2.46 bits per heavy atom. The van der Waals surface area contributed by atoms with E-state index in [0.717, 1.165) is 29.0 Å². The number of nitrogens with one attached hydrogen (secondary N) is 1. The lowest BCUT2D eigenvalue weighted by Gasteiger charge is -2.06. The normalized spacial score (nSPS) is 10.7. The molecule has 0 bridgehead atoms. The number of carbonyl (C=O) groups excluding carboxylic acids is 1. The highest BCUT2D eigenvalue weighted by atomic mass is 32.1. The van der Waals surface area contributed by atoms with Crippen molar-refractivity contribution in [3.05, 3.63) is 70.5 Å². The summed E-state index contributed by atoms with van der Waals surface area (Å²) in [5.74, 6) is -5.00. The molecule has 1 aromatic heterocycles. The Labute approximate surface area is 139 Å². The number of carbonyl (C=O) groups is 1. The molecule has 0 saturated heterocycles. The van der Waals surface area contributed by atoms with Gasteiger partial charge < -0.3 is 5.32 Å². The predicted octanol–water partition coefficient (Wildman–Crippen LogP) is 4.79. The zero-order valence-corrected chi connectivity index (χ0v) is 13.3. The summed E-state index contributed by atoms with van der Waals surface area (Å²) in [5, 5.41) is 2.89. The molecular formula is C17H11F3N2OS. The smallest absolute Gasteiger partial charge is 0.267 e. The van der Waals surface area contributed by atoms with Crippen molar-refractivity contribution in [3.8, 4) is 10.6 Å². The van der Waals surface area contributed by atoms with E-state index in [1.165, 1.54) is 0 Å². The number of hydrogen-bond donors (Lipinski definition) is 1. The summed E-state index contributed by atoms with van der Waals surface area (Å²) in [4.78, 5) is 16.9. The van der Waals surface area contributed by atoms with Crippen LogP contribution in [0, 0.1) is 24.4 Å². The van der Waals surface area contributed by atoms with Gasteiger partial charge >= 0.3 is 0 Å². The second-order valence-electron chi connectivity index (χ2n) is 4.98. The molecule has 3 rings (SSSR count). The van der Waals surface area contributed by atoms with Gasteiger partial charge in [-0.2, -0.15) is 0 Å². The lowest BCUT2D eigenvalue weighted by atomic mass is 10.2. The van der Waals surface area contributed by atoms with Crippen molar-refractivity contribution in [1.29, 1.82) is 0 Å². The summed E-state index contributed by atoms with van der Waals surface area (Å²) in [6.07, 6.45) is 0. The third kappa shape index (κ3) is 3.03. The minimum absolute atomic E-state index is 0.276. The summed E-state index contributed by atoms with van der Waals surface area (Å²) in [6, 6.07) is 11.0. The number of halogens is 3. The minimum Gasteiger partial charge on any atom is -0.319 e. The van der Waals surface area contributed by atoms with Gasteiger partial charge in [0.25, 0.3) is 5.91 Å². The predicted molar refractivity (Wildman–Crippen MR) is 86.6 cm³/mol. The number of hydrogen-bond acceptors (Lipinski definition) is 3. The Kier molecular flexibility index (Phi) is 4.35. The lowest BCUT2D eigenvalue weighted by molar-refractivity contribution is 0.102. The number of rotatable bonds is 3. The summed E-state index contributed by atoms with van der Waals surface area (Å²) < 4.78 is 39.8. The molecule has 1 N–H and O–H groups in total. The molecule has 2 aromatic carbocycles. The fourth-order valence-electron chi connectivity index (χ4n) is 2.11. The molecule has 3 nitrogen and oxygen atoms in total. The molecule has 0 aliphatic carbocycles. The Hall–Kier alpha value is -2.67. The van der Waals surface area contributed by atoms with E-state index in [9.17, 15) is 18.0 Å². The molecule has 0 unspecified atom stereocenters. The van der Waals surface area contributed by atoms with E-state index in [0.29, 0.717) is 10.7 Å². The van der Waals surface area contributed by atoms with Crippen LogP contribution in [0.1, 0.15) is 15.4 Å². The van der Waals surface area contributed by atoms with E-state index in [2.05, 4.69) is 10.3 Å². The van der Waals surface area contributed by atoms with Gasteiger partial charge in [-0.15, -0.1) is 11.3 Å². The average Bonchev–Trinajstić information content (AvgIpc) is 2.98. The molecule has 0 aliphatic heterocycles. The number of anilines is 1. The number of aryl methyl sites for hydroxylation is 1. The van der Waals surface area contributed by atoms with E-state index in [-0.39, 0.29) is 4.88 Å². The highest BCUT2D eigenvalue weighted by Gasteiger charge is 2.20. The molecule has 0 aliphatic rings. The number of amides is 1. The molecule has 7 heteroatoms. The van der Waals surface area contributed by atoms with Gasteiger partial charge in [0, 0.05) is 5.56 Å². The zero-order chi connectivity index (χ0) is 17.3. The minimum atomic E-state index is -1.63. The van der Waals surface area contributed by atoms with Crippen LogP contribution in [-0.4, -0.2) is 10.9 Å². The molecule has 1 amide bonds. The zero-order valence-electron chi connectivity index (χ0n) is 12.4. The summed E-state index contributed by atoms with van der Waals surface area (Å²) in [5.41, 5.74) is 0.899. The van der Waals surface area contributed by atoms with Gasteiger partial charge in [0.05, 0.1) is 11.4 Å². The first-order valence-electron chi connectivity index (χ1n) is 6.95. The highest BCUT2D eigenvalue weighted by molar-refractivity contribution is 7.17. The van der Waals surface area contributed by atoms with Crippen LogP contribution in [0.4, 0.5) is 18.9 Å². The van der Waals surface area contributed by atoms with Crippen molar-refractivity contribution in [3.63, 3.8) is 0 Å². The van der Waals surface area contributed by atoms with Crippen molar-refractivity contribution in [2.24, 2.45) is 0 Å². The number of aromatic nitrogens is 1. The fraction of sp³-hybridized carbons (Fsp3) is 0.0588. The fourth-order valence-corrected chi connectivity index (χ4v) is 3.08. The standard InChI is InChI=1S/C17H11F3N2OS/c1-9-15(24-17(21-9)10-5-3-2-4-6-10)16(23)22-12-8-7-11(18)13(19)14(12)20/h2-8H,1H3,(H,22,23). The number of nitrogens with zero attached hydrogens (tertiary/aromatic N) is 1. The van der Waals surface area contributed by atoms with Crippen LogP contribution in [0.25, 0.3) is 10.6 Å². The molecule has 0 saturated carbocycles. The molecule has 0 fully saturated rings. The van der Waals surface area contributed by atoms with Crippen LogP contribution in [0.15, 0.2) is 42.5 Å². The quantitative estimate of drug-likeness (QED) is 0.692. The van der Waals surface area contributed by atoms with E-state index < -0.39 is 29.0 Å². The molecular weight excluding hydrogens is 337 g/mol. The second kappa shape index (κ2) is 6.45. The molecule has 0 atom stereocenters. The topological polar surface area (TPSA) is 42.0 Å². The molecule has 3 aromatic rings. The van der Waals surface area contributed by atoms with Crippen molar-refractivity contribution >= 4 is 22.9 Å². The maximum atomic E-state index is 13.7. The van der Waals surface area contributed by atoms with Crippen LogP contribution in [0.5, 0.6) is 0 Å². The van der Waals surface area contributed by atoms with Crippen LogP contribution in [0.2, 0.25) is 0 Å². The van der Waals surface area contributed by atoms with E-state index in [4.69, 9.17) is 0 Å². The van der Waals surface area contributed by atoms with Gasteiger partial charge in [0.1, 0.15) is 9.88 Å². The van der Waals surface area contributed by atoms with Crippen molar-refractivity contribution < 1.29 is 18.0 Å². The first-order valence-corrected chi connectivity index (χ1v) is 7.76. The Morgan fingerprint density at radius 2 is 1.75 bits per heavy atom. The highest BCUT2D eigenvalue weighted by Crippen LogP contribution is 2.29. The third-order valence-electron chi connectivity index (χ3n) is 3.31. The second-order valence-corrected chi connectivity index (χ2v) is 5.98. The van der Waals surface area contributed by atoms with Crippen LogP contribution < -0.4 is 5.32 Å². The largest absolute Gasteiger partial charge is 0.319 e. The van der Waals surface area contributed by atoms with Gasteiger partial charge in [-0.05, 0) is 19.1 Å². The van der Waals surface area contributed by atoms with Gasteiger partial charge in [0.2, 0.25) is 0 Å². The molecule has 122 valence electrons. The molecule has 1 heterocycles. The average molecular weight is 348 g/mol. The first-order chi connectivity index (χ1) is 11.5. The van der Waals surface area contributed by atoms with E-state index in [1.54, 1.807) is 6.92 Å². The van der Waals surface area contributed by atoms with Crippen molar-refractivity contribution in [2.75, 3.05) is 5.32 Å². The van der Waals surface area contributed by atoms with Gasteiger partial charge in [0.15, 0.2) is 17.5 Å². The maximum absolute atomic E-state index is 13.7. The Morgan fingerprint density at radius 1 is 1.04 bits per heavy atom. The molecule has 0 spiro atoms. The third-order valence-corrected chi connectivity index (χ3v) is 4.51. The van der Waals surface area contributed by atoms with Gasteiger partial charge in [-0.25, -0.2) is 18.2 Å². The molecule has 24 heavy (non-hydrogen) atoms. The first kappa shape index (κ1) is 16.2. The Bertz CT molecular complexity index is 910. The number of thiazole rings is 1. The Balaban J connectivity index is 1.89.